The van der Waals surface area contributed by atoms with E-state index in [2.05, 4.69) is 29.8 Å². The molecule has 8 rings (SSSR count). The molecule has 0 spiro atoms. The molecule has 2 heterocycles. The lowest BCUT2D eigenvalue weighted by Gasteiger charge is -2.60. The molecule has 0 bridgehead atoms. The number of piperazine rings is 1. The van der Waals surface area contributed by atoms with E-state index in [-0.39, 0.29) is 71.7 Å². The van der Waals surface area contributed by atoms with Crippen LogP contribution in [0.5, 0.6) is 0 Å². The van der Waals surface area contributed by atoms with Crippen molar-refractivity contribution in [1.29, 1.82) is 0 Å². The summed E-state index contributed by atoms with van der Waals surface area (Å²) in [7, 11) is 0. The SMILES string of the molecule is C[C@]12CCC(=O)C[C@@H]1CC[C@@H]1[C@@H]2CC[C@]2(C)[C@@H](OC(=O)CCC(=O)NCCNC(=O)c3cn(C4CC4)c4cc(N5CCNCC5)c(F)cc4c3=O)CC[C@@H]12. The Kier molecular flexibility index (Phi) is 10.1. The molecule has 1 aliphatic heterocycles. The molecule has 12 heteroatoms. The van der Waals surface area contributed by atoms with E-state index in [1.807, 2.05) is 9.47 Å². The first kappa shape index (κ1) is 37.1. The summed E-state index contributed by atoms with van der Waals surface area (Å²) in [6.07, 6.45) is 12.1. The van der Waals surface area contributed by atoms with E-state index in [1.165, 1.54) is 12.5 Å². The first-order valence-electron chi connectivity index (χ1n) is 20.6. The number of fused-ring (bicyclic) bond motifs is 6. The highest BCUT2D eigenvalue weighted by Gasteiger charge is 2.61. The standard InChI is InChI=1S/C42H56FN5O6/c1-41-13-11-27(49)21-25(41)3-6-28-31-7-8-36(42(31,2)14-12-32(28)41)54-38(51)10-9-37(50)45-15-16-46-40(53)30-24-48(26-4-5-26)34-23-35(47-19-17-44-18-20-47)33(43)22-29(34)39(30)52/h22-26,28,31-32,36,44H,3-21H2,1-2H3,(H,45,50)(H,46,53)/t25-,28-,31-,32-,36-,41-,42-/m0/s1. The molecule has 1 aromatic heterocycles. The van der Waals surface area contributed by atoms with E-state index >= 15 is 4.39 Å². The molecule has 54 heavy (non-hydrogen) atoms. The van der Waals surface area contributed by atoms with Gasteiger partial charge in [0.15, 0.2) is 0 Å². The molecular formula is C42H56FN5O6. The second-order valence-corrected chi connectivity index (χ2v) is 17.7. The van der Waals surface area contributed by atoms with Gasteiger partial charge in [0.05, 0.1) is 17.6 Å². The smallest absolute Gasteiger partial charge is 0.306 e. The number of aromatic nitrogens is 1. The number of amides is 2. The fraction of sp³-hybridized carbons (Fsp3) is 0.690. The van der Waals surface area contributed by atoms with Crippen LogP contribution >= 0.6 is 0 Å². The van der Waals surface area contributed by atoms with Crippen molar-refractivity contribution in [1.82, 2.24) is 20.5 Å². The molecule has 7 atom stereocenters. The van der Waals surface area contributed by atoms with Crippen molar-refractivity contribution in [3.63, 3.8) is 0 Å². The van der Waals surface area contributed by atoms with Crippen LogP contribution in [0.3, 0.4) is 0 Å². The molecule has 11 nitrogen and oxygen atoms in total. The second kappa shape index (κ2) is 14.7. The van der Waals surface area contributed by atoms with Gasteiger partial charge in [-0.3, -0.25) is 24.0 Å². The van der Waals surface area contributed by atoms with Gasteiger partial charge in [0.25, 0.3) is 5.91 Å². The van der Waals surface area contributed by atoms with E-state index < -0.39 is 17.2 Å². The van der Waals surface area contributed by atoms with Gasteiger partial charge >= 0.3 is 5.97 Å². The molecular weight excluding hydrogens is 689 g/mol. The second-order valence-electron chi connectivity index (χ2n) is 17.7. The zero-order chi connectivity index (χ0) is 37.8. The van der Waals surface area contributed by atoms with Crippen molar-refractivity contribution in [2.24, 2.45) is 34.5 Å². The summed E-state index contributed by atoms with van der Waals surface area (Å²) in [5, 5.41) is 8.93. The normalized spacial score (nSPS) is 32.0. The summed E-state index contributed by atoms with van der Waals surface area (Å²) < 4.78 is 23.4. The fourth-order valence-electron chi connectivity index (χ4n) is 11.5. The van der Waals surface area contributed by atoms with Crippen molar-refractivity contribution in [2.45, 2.75) is 109 Å². The molecule has 3 N–H and O–H groups in total. The van der Waals surface area contributed by atoms with E-state index in [1.54, 1.807) is 12.3 Å². The lowest BCUT2D eigenvalue weighted by atomic mass is 9.45. The van der Waals surface area contributed by atoms with Crippen LogP contribution in [0.1, 0.15) is 114 Å². The summed E-state index contributed by atoms with van der Waals surface area (Å²) >= 11 is 0. The zero-order valence-corrected chi connectivity index (χ0v) is 31.9. The number of halogens is 1. The predicted molar refractivity (Wildman–Crippen MR) is 203 cm³/mol. The molecule has 1 aromatic carbocycles. The number of pyridine rings is 1. The van der Waals surface area contributed by atoms with Gasteiger partial charge in [-0.05, 0) is 99.0 Å². The Hall–Kier alpha value is -3.80. The van der Waals surface area contributed by atoms with Crippen LogP contribution in [0.15, 0.2) is 23.1 Å². The highest BCUT2D eigenvalue weighted by Crippen LogP contribution is 2.66. The van der Waals surface area contributed by atoms with E-state index in [4.69, 9.17) is 4.74 Å². The number of Topliss-reactive ketones (excluding diaryl/α,β-unsaturated/α-hetero) is 1. The number of nitrogens with one attached hydrogen (secondary N) is 3. The Balaban J connectivity index is 0.810. The van der Waals surface area contributed by atoms with Gasteiger partial charge in [0.1, 0.15) is 23.3 Å². The average molecular weight is 746 g/mol. The van der Waals surface area contributed by atoms with Crippen LogP contribution < -0.4 is 26.3 Å². The molecule has 6 aliphatic rings. The number of rotatable bonds is 10. The van der Waals surface area contributed by atoms with E-state index in [0.717, 1.165) is 77.3 Å². The number of carbonyl (C=O) groups excluding carboxylic acids is 4. The number of hydrogen-bond donors (Lipinski definition) is 3. The van der Waals surface area contributed by atoms with Gasteiger partial charge in [-0.2, -0.15) is 0 Å². The predicted octanol–water partition coefficient (Wildman–Crippen LogP) is 5.03. The maximum absolute atomic E-state index is 15.3. The number of hydrogen-bond acceptors (Lipinski definition) is 8. The Morgan fingerprint density at radius 1 is 0.907 bits per heavy atom. The molecule has 5 aliphatic carbocycles. The quantitative estimate of drug-likeness (QED) is 0.228. The Labute approximate surface area is 316 Å². The molecule has 292 valence electrons. The molecule has 0 radical (unpaired) electrons. The summed E-state index contributed by atoms with van der Waals surface area (Å²) in [6, 6.07) is 3.16. The first-order chi connectivity index (χ1) is 26.0. The van der Waals surface area contributed by atoms with Crippen molar-refractivity contribution in [3.8, 4) is 0 Å². The third kappa shape index (κ3) is 6.85. The Morgan fingerprint density at radius 2 is 1.67 bits per heavy atom. The number of carbonyl (C=O) groups is 4. The lowest BCUT2D eigenvalue weighted by Crippen LogP contribution is -2.54. The zero-order valence-electron chi connectivity index (χ0n) is 31.9. The van der Waals surface area contributed by atoms with Crippen LogP contribution in [-0.2, 0) is 19.1 Å². The highest BCUT2D eigenvalue weighted by atomic mass is 19.1. The Morgan fingerprint density at radius 3 is 2.44 bits per heavy atom. The van der Waals surface area contributed by atoms with Crippen LogP contribution in [-0.4, -0.2) is 73.5 Å². The largest absolute Gasteiger partial charge is 0.462 e. The lowest BCUT2D eigenvalue weighted by molar-refractivity contribution is -0.164. The minimum absolute atomic E-state index is 0.0128. The highest BCUT2D eigenvalue weighted by molar-refractivity contribution is 5.98. The van der Waals surface area contributed by atoms with Crippen molar-refractivity contribution in [3.05, 3.63) is 39.9 Å². The number of ether oxygens (including phenoxy) is 1. The third-order valence-corrected chi connectivity index (χ3v) is 14.7. The minimum atomic E-state index is -0.575. The number of benzene rings is 1. The maximum Gasteiger partial charge on any atom is 0.306 e. The summed E-state index contributed by atoms with van der Waals surface area (Å²) in [4.78, 5) is 66.6. The van der Waals surface area contributed by atoms with Crippen molar-refractivity contribution >= 4 is 40.2 Å². The topological polar surface area (TPSA) is 139 Å². The van der Waals surface area contributed by atoms with Crippen LogP contribution in [0.25, 0.3) is 10.9 Å². The van der Waals surface area contributed by atoms with E-state index in [0.29, 0.717) is 53.7 Å². The molecule has 2 amide bonds. The molecule has 1 saturated heterocycles. The van der Waals surface area contributed by atoms with Crippen molar-refractivity contribution in [2.75, 3.05) is 44.2 Å². The number of nitrogens with zero attached hydrogens (tertiary/aromatic N) is 2. The summed E-state index contributed by atoms with van der Waals surface area (Å²) in [5.41, 5.74) is 0.709. The van der Waals surface area contributed by atoms with E-state index in [9.17, 15) is 24.0 Å². The van der Waals surface area contributed by atoms with Gasteiger partial charge in [0.2, 0.25) is 11.3 Å². The van der Waals surface area contributed by atoms with Gasteiger partial charge in [-0.1, -0.05) is 13.8 Å². The minimum Gasteiger partial charge on any atom is -0.462 e. The van der Waals surface area contributed by atoms with Crippen molar-refractivity contribution < 1.29 is 28.3 Å². The van der Waals surface area contributed by atoms with Gasteiger partial charge in [0, 0.05) is 81.6 Å². The summed E-state index contributed by atoms with van der Waals surface area (Å²) in [6.45, 7) is 7.83. The van der Waals surface area contributed by atoms with Gasteiger partial charge < -0.3 is 30.2 Å². The van der Waals surface area contributed by atoms with Gasteiger partial charge in [-0.15, -0.1) is 0 Å². The van der Waals surface area contributed by atoms with Crippen LogP contribution in [0.4, 0.5) is 10.1 Å². The van der Waals surface area contributed by atoms with Crippen LogP contribution in [0.2, 0.25) is 0 Å². The average Bonchev–Trinajstić information content (AvgIpc) is 3.95. The molecule has 2 aromatic rings. The maximum atomic E-state index is 15.3. The number of esters is 1. The van der Waals surface area contributed by atoms with Gasteiger partial charge in [-0.25, -0.2) is 4.39 Å². The third-order valence-electron chi connectivity index (χ3n) is 14.7. The molecule has 6 fully saturated rings. The number of anilines is 1. The molecule has 5 saturated carbocycles. The monoisotopic (exact) mass is 745 g/mol. The fourth-order valence-corrected chi connectivity index (χ4v) is 11.5. The van der Waals surface area contributed by atoms with Crippen LogP contribution in [0, 0.1) is 40.3 Å². The Bertz CT molecular complexity index is 1890. The summed E-state index contributed by atoms with van der Waals surface area (Å²) in [5.74, 6) is 1.00. The number of ketones is 1. The first-order valence-corrected chi connectivity index (χ1v) is 20.6. The molecule has 0 unspecified atom stereocenters.